The highest BCUT2D eigenvalue weighted by atomic mass is 16.1. The number of carbonyl (C=O) groups is 1. The Balaban J connectivity index is 1.42. The smallest absolute Gasteiger partial charge is 0.252 e. The lowest BCUT2D eigenvalue weighted by Gasteiger charge is -2.32. The molecule has 5 heteroatoms. The minimum absolute atomic E-state index is 0.0337. The fourth-order valence-electron chi connectivity index (χ4n) is 3.35. The molecular weight excluding hydrogens is 312 g/mol. The maximum atomic E-state index is 12.1. The van der Waals surface area contributed by atoms with Gasteiger partial charge in [-0.15, -0.1) is 0 Å². The van der Waals surface area contributed by atoms with Crippen molar-refractivity contribution in [1.29, 1.82) is 0 Å². The average molecular weight is 338 g/mol. The molecule has 1 fully saturated rings. The van der Waals surface area contributed by atoms with Crippen LogP contribution in [0.5, 0.6) is 0 Å². The molecule has 132 valence electrons. The molecule has 1 aliphatic heterocycles. The molecule has 5 nitrogen and oxygen atoms in total. The van der Waals surface area contributed by atoms with Crippen LogP contribution < -0.4 is 5.32 Å². The largest absolute Gasteiger partial charge is 0.352 e. The van der Waals surface area contributed by atoms with Gasteiger partial charge in [0.05, 0.1) is 11.3 Å². The number of piperidine rings is 1. The third-order valence-corrected chi connectivity index (χ3v) is 4.73. The van der Waals surface area contributed by atoms with Crippen molar-refractivity contribution in [3.05, 3.63) is 59.7 Å². The molecule has 2 aromatic heterocycles. The van der Waals surface area contributed by atoms with E-state index in [-0.39, 0.29) is 5.91 Å². The van der Waals surface area contributed by atoms with E-state index >= 15 is 0 Å². The molecule has 25 heavy (non-hydrogen) atoms. The Hall–Kier alpha value is -2.27. The number of likely N-dealkylation sites (tertiary alicyclic amines) is 1. The lowest BCUT2D eigenvalue weighted by atomic mass is 9.94. The quantitative estimate of drug-likeness (QED) is 0.880. The zero-order chi connectivity index (χ0) is 17.5. The first kappa shape index (κ1) is 17.5. The van der Waals surface area contributed by atoms with E-state index in [0.717, 1.165) is 44.0 Å². The Bertz CT molecular complexity index is 672. The van der Waals surface area contributed by atoms with E-state index in [1.807, 2.05) is 37.4 Å². The molecule has 1 aliphatic rings. The zero-order valence-electron chi connectivity index (χ0n) is 14.8. The van der Waals surface area contributed by atoms with Crippen molar-refractivity contribution in [3.8, 4) is 0 Å². The summed E-state index contributed by atoms with van der Waals surface area (Å²) in [4.78, 5) is 23.2. The maximum absolute atomic E-state index is 12.1. The molecule has 0 radical (unpaired) electrons. The van der Waals surface area contributed by atoms with Crippen molar-refractivity contribution < 1.29 is 4.79 Å². The second-order valence-electron chi connectivity index (χ2n) is 6.80. The van der Waals surface area contributed by atoms with Crippen molar-refractivity contribution in [2.24, 2.45) is 5.92 Å². The van der Waals surface area contributed by atoms with Crippen molar-refractivity contribution in [2.45, 2.75) is 32.7 Å². The van der Waals surface area contributed by atoms with Gasteiger partial charge in [-0.1, -0.05) is 6.07 Å². The Morgan fingerprint density at radius 1 is 1.28 bits per heavy atom. The number of nitrogens with zero attached hydrogens (tertiary/aromatic N) is 3. The molecule has 0 saturated carbocycles. The summed E-state index contributed by atoms with van der Waals surface area (Å²) < 4.78 is 0. The number of amides is 1. The normalized spacial score (nSPS) is 18.0. The molecule has 0 bridgehead atoms. The van der Waals surface area contributed by atoms with Gasteiger partial charge in [0.2, 0.25) is 0 Å². The van der Waals surface area contributed by atoms with Gasteiger partial charge in [-0.05, 0) is 62.9 Å². The standard InChI is InChI=1S/C20H26N4O/c1-16-7-8-18(13-23-16)20(25)22-11-9-17-5-4-12-24(14-17)15-19-6-2-3-10-21-19/h2-3,6-8,10,13,17H,4-5,9,11-12,14-15H2,1H3,(H,22,25)/t17-/m1/s1. The molecule has 1 atom stereocenters. The molecule has 0 aliphatic carbocycles. The summed E-state index contributed by atoms with van der Waals surface area (Å²) in [6, 6.07) is 9.77. The molecule has 0 spiro atoms. The SMILES string of the molecule is Cc1ccc(C(=O)NCC[C@H]2CCCN(Cc3ccccn3)C2)cn1. The van der Waals surface area contributed by atoms with E-state index in [0.29, 0.717) is 11.5 Å². The highest BCUT2D eigenvalue weighted by Crippen LogP contribution is 2.20. The first-order valence-electron chi connectivity index (χ1n) is 9.04. The van der Waals surface area contributed by atoms with Crippen LogP contribution >= 0.6 is 0 Å². The number of aromatic nitrogens is 2. The number of hydrogen-bond acceptors (Lipinski definition) is 4. The molecule has 2 aromatic rings. The lowest BCUT2D eigenvalue weighted by Crippen LogP contribution is -2.36. The Morgan fingerprint density at radius 3 is 2.96 bits per heavy atom. The number of nitrogens with one attached hydrogen (secondary N) is 1. The van der Waals surface area contributed by atoms with Gasteiger partial charge in [0.25, 0.3) is 5.91 Å². The lowest BCUT2D eigenvalue weighted by molar-refractivity contribution is 0.0946. The van der Waals surface area contributed by atoms with Crippen LogP contribution in [-0.4, -0.2) is 40.4 Å². The summed E-state index contributed by atoms with van der Waals surface area (Å²) in [6.45, 7) is 5.77. The van der Waals surface area contributed by atoms with Crippen LogP contribution in [-0.2, 0) is 6.54 Å². The van der Waals surface area contributed by atoms with Gasteiger partial charge in [0.1, 0.15) is 0 Å². The highest BCUT2D eigenvalue weighted by molar-refractivity contribution is 5.93. The van der Waals surface area contributed by atoms with Crippen molar-refractivity contribution in [3.63, 3.8) is 0 Å². The summed E-state index contributed by atoms with van der Waals surface area (Å²) in [7, 11) is 0. The van der Waals surface area contributed by atoms with E-state index in [2.05, 4.69) is 26.3 Å². The summed E-state index contributed by atoms with van der Waals surface area (Å²) in [5.41, 5.74) is 2.68. The van der Waals surface area contributed by atoms with Crippen molar-refractivity contribution >= 4 is 5.91 Å². The molecule has 1 saturated heterocycles. The van der Waals surface area contributed by atoms with Crippen LogP contribution in [0, 0.1) is 12.8 Å². The second-order valence-corrected chi connectivity index (χ2v) is 6.80. The van der Waals surface area contributed by atoms with E-state index in [9.17, 15) is 4.79 Å². The van der Waals surface area contributed by atoms with Crippen LogP contribution in [0.15, 0.2) is 42.7 Å². The van der Waals surface area contributed by atoms with Crippen LogP contribution in [0.1, 0.15) is 41.0 Å². The highest BCUT2D eigenvalue weighted by Gasteiger charge is 2.20. The number of pyridine rings is 2. The van der Waals surface area contributed by atoms with Crippen LogP contribution in [0.4, 0.5) is 0 Å². The summed E-state index contributed by atoms with van der Waals surface area (Å²) in [6.07, 6.45) is 6.96. The van der Waals surface area contributed by atoms with E-state index in [1.165, 1.54) is 12.8 Å². The van der Waals surface area contributed by atoms with E-state index in [1.54, 1.807) is 6.20 Å². The molecule has 1 amide bonds. The van der Waals surface area contributed by atoms with Gasteiger partial charge < -0.3 is 5.32 Å². The second kappa shape index (κ2) is 8.72. The van der Waals surface area contributed by atoms with E-state index < -0.39 is 0 Å². The first-order chi connectivity index (χ1) is 12.2. The van der Waals surface area contributed by atoms with Crippen LogP contribution in [0.2, 0.25) is 0 Å². The monoisotopic (exact) mass is 338 g/mol. The predicted octanol–water partition coefficient (Wildman–Crippen LogP) is 2.82. The summed E-state index contributed by atoms with van der Waals surface area (Å²) >= 11 is 0. The Labute approximate surface area is 149 Å². The Kier molecular flexibility index (Phi) is 6.12. The minimum Gasteiger partial charge on any atom is -0.352 e. The topological polar surface area (TPSA) is 58.1 Å². The van der Waals surface area contributed by atoms with Gasteiger partial charge >= 0.3 is 0 Å². The molecule has 1 N–H and O–H groups in total. The van der Waals surface area contributed by atoms with Gasteiger partial charge in [0, 0.05) is 37.7 Å². The van der Waals surface area contributed by atoms with Gasteiger partial charge in [-0.2, -0.15) is 0 Å². The fraction of sp³-hybridized carbons (Fsp3) is 0.450. The Morgan fingerprint density at radius 2 is 2.20 bits per heavy atom. The van der Waals surface area contributed by atoms with Crippen LogP contribution in [0.25, 0.3) is 0 Å². The maximum Gasteiger partial charge on any atom is 0.252 e. The zero-order valence-corrected chi connectivity index (χ0v) is 14.8. The average Bonchev–Trinajstić information content (AvgIpc) is 2.63. The van der Waals surface area contributed by atoms with Gasteiger partial charge in [0.15, 0.2) is 0 Å². The minimum atomic E-state index is -0.0337. The first-order valence-corrected chi connectivity index (χ1v) is 9.04. The molecule has 3 rings (SSSR count). The fourth-order valence-corrected chi connectivity index (χ4v) is 3.35. The van der Waals surface area contributed by atoms with Crippen molar-refractivity contribution in [1.82, 2.24) is 20.2 Å². The molecular formula is C20H26N4O. The molecule has 3 heterocycles. The summed E-state index contributed by atoms with van der Waals surface area (Å²) in [5.74, 6) is 0.600. The van der Waals surface area contributed by atoms with Crippen LogP contribution in [0.3, 0.4) is 0 Å². The van der Waals surface area contributed by atoms with Gasteiger partial charge in [-0.3, -0.25) is 19.7 Å². The number of hydrogen-bond donors (Lipinski definition) is 1. The van der Waals surface area contributed by atoms with Gasteiger partial charge in [-0.25, -0.2) is 0 Å². The third kappa shape index (κ3) is 5.36. The van der Waals surface area contributed by atoms with E-state index in [4.69, 9.17) is 0 Å². The third-order valence-electron chi connectivity index (χ3n) is 4.73. The summed E-state index contributed by atoms with van der Waals surface area (Å²) in [5, 5.41) is 3.02. The van der Waals surface area contributed by atoms with Crippen molar-refractivity contribution in [2.75, 3.05) is 19.6 Å². The number of carbonyl (C=O) groups excluding carboxylic acids is 1. The number of aryl methyl sites for hydroxylation is 1. The number of rotatable bonds is 6. The molecule has 0 aromatic carbocycles. The molecule has 0 unspecified atom stereocenters. The predicted molar refractivity (Wildman–Crippen MR) is 98.2 cm³/mol.